The van der Waals surface area contributed by atoms with Crippen LogP contribution in [-0.2, 0) is 17.9 Å². The zero-order valence-corrected chi connectivity index (χ0v) is 16.4. The van der Waals surface area contributed by atoms with Crippen LogP contribution in [0.25, 0.3) is 0 Å². The summed E-state index contributed by atoms with van der Waals surface area (Å²) < 4.78 is 21.5. The van der Waals surface area contributed by atoms with E-state index in [4.69, 9.17) is 4.74 Å². The summed E-state index contributed by atoms with van der Waals surface area (Å²) in [5, 5.41) is 4.33. The Balaban J connectivity index is 1.52. The highest BCUT2D eigenvalue weighted by molar-refractivity contribution is 9.10. The van der Waals surface area contributed by atoms with Gasteiger partial charge >= 0.3 is 0 Å². The number of benzene rings is 2. The predicted octanol–water partition coefficient (Wildman–Crippen LogP) is 3.87. The third-order valence-electron chi connectivity index (χ3n) is 3.96. The average Bonchev–Trinajstić information content (AvgIpc) is 3.08. The second kappa shape index (κ2) is 8.81. The van der Waals surface area contributed by atoms with Crippen LogP contribution in [0.3, 0.4) is 0 Å². The van der Waals surface area contributed by atoms with Gasteiger partial charge in [0.15, 0.2) is 18.2 Å². The number of carbonyl (C=O) groups is 1. The molecule has 0 radical (unpaired) electrons. The summed E-state index contributed by atoms with van der Waals surface area (Å²) in [6, 6.07) is 14.5. The van der Waals surface area contributed by atoms with Crippen LogP contribution in [0.4, 0.5) is 4.39 Å². The summed E-state index contributed by atoms with van der Waals surface area (Å²) in [5.41, 5.74) is 2.07. The maximum Gasteiger partial charge on any atom is 0.260 e. The zero-order chi connectivity index (χ0) is 19.2. The fraction of sp³-hybridized carbons (Fsp3) is 0.200. The third kappa shape index (κ3) is 5.40. The minimum Gasteiger partial charge on any atom is -0.481 e. The SMILES string of the molecule is CN(Cc1cnn(Cc2ccccc2)c1)C(=O)COc1ccc(Br)cc1F. The van der Waals surface area contributed by atoms with E-state index >= 15 is 0 Å². The molecule has 0 aliphatic rings. The minimum atomic E-state index is -0.512. The molecule has 0 spiro atoms. The molecule has 27 heavy (non-hydrogen) atoms. The molecule has 0 aliphatic carbocycles. The normalized spacial score (nSPS) is 10.6. The van der Waals surface area contributed by atoms with E-state index in [1.165, 1.54) is 17.0 Å². The van der Waals surface area contributed by atoms with Gasteiger partial charge in [0.05, 0.1) is 12.7 Å². The molecule has 0 N–H and O–H groups in total. The zero-order valence-electron chi connectivity index (χ0n) is 14.8. The van der Waals surface area contributed by atoms with Crippen molar-refractivity contribution in [3.63, 3.8) is 0 Å². The number of aromatic nitrogens is 2. The van der Waals surface area contributed by atoms with E-state index in [1.807, 2.05) is 41.2 Å². The van der Waals surface area contributed by atoms with Crippen molar-refractivity contribution in [1.82, 2.24) is 14.7 Å². The lowest BCUT2D eigenvalue weighted by Gasteiger charge is -2.16. The lowest BCUT2D eigenvalue weighted by atomic mass is 10.2. The van der Waals surface area contributed by atoms with Gasteiger partial charge in [0.2, 0.25) is 0 Å². The lowest BCUT2D eigenvalue weighted by molar-refractivity contribution is -0.132. The van der Waals surface area contributed by atoms with Crippen molar-refractivity contribution in [1.29, 1.82) is 0 Å². The van der Waals surface area contributed by atoms with Crippen molar-refractivity contribution in [3.05, 3.63) is 82.3 Å². The summed E-state index contributed by atoms with van der Waals surface area (Å²) in [6.07, 6.45) is 3.65. The van der Waals surface area contributed by atoms with E-state index in [2.05, 4.69) is 21.0 Å². The van der Waals surface area contributed by atoms with E-state index in [0.717, 1.165) is 11.1 Å². The quantitative estimate of drug-likeness (QED) is 0.570. The molecule has 5 nitrogen and oxygen atoms in total. The Kier molecular flexibility index (Phi) is 6.24. The largest absolute Gasteiger partial charge is 0.481 e. The number of ether oxygens (including phenoxy) is 1. The number of amides is 1. The molecule has 0 unspecified atom stereocenters. The van der Waals surface area contributed by atoms with Crippen LogP contribution in [0.15, 0.2) is 65.4 Å². The molecule has 2 aromatic carbocycles. The molecule has 0 aliphatic heterocycles. The van der Waals surface area contributed by atoms with Gasteiger partial charge in [-0.15, -0.1) is 0 Å². The van der Waals surface area contributed by atoms with Gasteiger partial charge in [-0.3, -0.25) is 9.48 Å². The Morgan fingerprint density at radius 2 is 2.00 bits per heavy atom. The van der Waals surface area contributed by atoms with Gasteiger partial charge in [-0.1, -0.05) is 46.3 Å². The van der Waals surface area contributed by atoms with Crippen molar-refractivity contribution < 1.29 is 13.9 Å². The topological polar surface area (TPSA) is 47.4 Å². The molecule has 0 saturated carbocycles. The highest BCUT2D eigenvalue weighted by Gasteiger charge is 2.13. The molecule has 3 rings (SSSR count). The second-order valence-electron chi connectivity index (χ2n) is 6.14. The van der Waals surface area contributed by atoms with Crippen molar-refractivity contribution in [2.75, 3.05) is 13.7 Å². The highest BCUT2D eigenvalue weighted by atomic mass is 79.9. The van der Waals surface area contributed by atoms with E-state index in [1.54, 1.807) is 19.3 Å². The first-order valence-electron chi connectivity index (χ1n) is 8.38. The number of hydrogen-bond donors (Lipinski definition) is 0. The Morgan fingerprint density at radius 1 is 1.22 bits per heavy atom. The minimum absolute atomic E-state index is 0.0515. The summed E-state index contributed by atoms with van der Waals surface area (Å²) in [7, 11) is 1.68. The van der Waals surface area contributed by atoms with Crippen molar-refractivity contribution in [2.24, 2.45) is 0 Å². The van der Waals surface area contributed by atoms with Gasteiger partial charge < -0.3 is 9.64 Å². The molecule has 0 fully saturated rings. The van der Waals surface area contributed by atoms with Gasteiger partial charge in [-0.05, 0) is 23.8 Å². The van der Waals surface area contributed by atoms with Crippen LogP contribution in [0.2, 0.25) is 0 Å². The maximum absolute atomic E-state index is 13.7. The number of nitrogens with zero attached hydrogens (tertiary/aromatic N) is 3. The molecule has 0 atom stereocenters. The molecular weight excluding hydrogens is 413 g/mol. The number of hydrogen-bond acceptors (Lipinski definition) is 3. The summed E-state index contributed by atoms with van der Waals surface area (Å²) in [4.78, 5) is 13.8. The van der Waals surface area contributed by atoms with Crippen molar-refractivity contribution in [2.45, 2.75) is 13.1 Å². The monoisotopic (exact) mass is 431 g/mol. The molecule has 3 aromatic rings. The maximum atomic E-state index is 13.7. The van der Waals surface area contributed by atoms with E-state index in [-0.39, 0.29) is 18.3 Å². The van der Waals surface area contributed by atoms with Crippen molar-refractivity contribution >= 4 is 21.8 Å². The van der Waals surface area contributed by atoms with E-state index in [0.29, 0.717) is 17.6 Å². The van der Waals surface area contributed by atoms with Gasteiger partial charge in [0, 0.05) is 29.8 Å². The Morgan fingerprint density at radius 3 is 2.74 bits per heavy atom. The Labute approximate surface area is 165 Å². The molecule has 140 valence electrons. The number of likely N-dealkylation sites (N-methyl/N-ethyl adjacent to an activating group) is 1. The highest BCUT2D eigenvalue weighted by Crippen LogP contribution is 2.21. The van der Waals surface area contributed by atoms with Crippen molar-refractivity contribution in [3.8, 4) is 5.75 Å². The first-order valence-corrected chi connectivity index (χ1v) is 9.17. The average molecular weight is 432 g/mol. The fourth-order valence-electron chi connectivity index (χ4n) is 2.55. The van der Waals surface area contributed by atoms with Gasteiger partial charge in [0.25, 0.3) is 5.91 Å². The molecule has 0 saturated heterocycles. The molecule has 0 bridgehead atoms. The van der Waals surface area contributed by atoms with Gasteiger partial charge in [0.1, 0.15) is 0 Å². The summed E-state index contributed by atoms with van der Waals surface area (Å²) in [6.45, 7) is 0.845. The van der Waals surface area contributed by atoms with Crippen LogP contribution in [0, 0.1) is 5.82 Å². The molecule has 7 heteroatoms. The Hall–Kier alpha value is -2.67. The second-order valence-corrected chi connectivity index (χ2v) is 7.06. The van der Waals surface area contributed by atoms with Crippen LogP contribution in [0.1, 0.15) is 11.1 Å². The van der Waals surface area contributed by atoms with Crippen LogP contribution in [-0.4, -0.2) is 34.2 Å². The molecule has 1 heterocycles. The number of halogens is 2. The van der Waals surface area contributed by atoms with Crippen LogP contribution in [0.5, 0.6) is 5.75 Å². The van der Waals surface area contributed by atoms with Gasteiger partial charge in [-0.25, -0.2) is 4.39 Å². The molecule has 1 amide bonds. The van der Waals surface area contributed by atoms with E-state index in [9.17, 15) is 9.18 Å². The Bertz CT molecular complexity index is 915. The smallest absolute Gasteiger partial charge is 0.260 e. The van der Waals surface area contributed by atoms with Gasteiger partial charge in [-0.2, -0.15) is 5.10 Å². The van der Waals surface area contributed by atoms with Crippen LogP contribution < -0.4 is 4.74 Å². The summed E-state index contributed by atoms with van der Waals surface area (Å²) in [5.74, 6) is -0.703. The standard InChI is InChI=1S/C20H19BrFN3O2/c1-24(20(26)14-27-19-8-7-17(21)9-18(19)22)11-16-10-23-25(13-16)12-15-5-3-2-4-6-15/h2-10,13H,11-12,14H2,1H3. The lowest BCUT2D eigenvalue weighted by Crippen LogP contribution is -2.31. The fourth-order valence-corrected chi connectivity index (χ4v) is 2.88. The predicted molar refractivity (Wildman–Crippen MR) is 104 cm³/mol. The molecule has 1 aromatic heterocycles. The summed E-state index contributed by atoms with van der Waals surface area (Å²) >= 11 is 3.18. The number of rotatable bonds is 7. The first-order chi connectivity index (χ1) is 13.0. The number of carbonyl (C=O) groups excluding carboxylic acids is 1. The first kappa shape index (κ1) is 19.1. The molecular formula is C20H19BrFN3O2. The third-order valence-corrected chi connectivity index (χ3v) is 4.46. The van der Waals surface area contributed by atoms with E-state index < -0.39 is 5.82 Å². The van der Waals surface area contributed by atoms with Crippen LogP contribution >= 0.6 is 15.9 Å².